The fourth-order valence-corrected chi connectivity index (χ4v) is 4.79. The number of benzene rings is 1. The Labute approximate surface area is 132 Å². The predicted molar refractivity (Wildman–Crippen MR) is 85.4 cm³/mol. The number of sulfone groups is 1. The summed E-state index contributed by atoms with van der Waals surface area (Å²) >= 11 is 0. The zero-order valence-corrected chi connectivity index (χ0v) is 13.6. The average Bonchev–Trinajstić information content (AvgIpc) is 2.48. The largest absolute Gasteiger partial charge is 0.508 e. The van der Waals surface area contributed by atoms with E-state index in [1.165, 1.54) is 24.6 Å². The highest BCUT2D eigenvalue weighted by Gasteiger charge is 2.24. The summed E-state index contributed by atoms with van der Waals surface area (Å²) in [7, 11) is -3.40. The van der Waals surface area contributed by atoms with Crippen molar-refractivity contribution >= 4 is 9.84 Å². The third kappa shape index (κ3) is 4.21. The van der Waals surface area contributed by atoms with Gasteiger partial charge in [0.2, 0.25) is 0 Å². The van der Waals surface area contributed by atoms with Crippen LogP contribution in [-0.4, -0.2) is 30.9 Å². The van der Waals surface area contributed by atoms with Crippen molar-refractivity contribution in [3.63, 3.8) is 0 Å². The van der Waals surface area contributed by atoms with Gasteiger partial charge < -0.3 is 15.9 Å². The van der Waals surface area contributed by atoms with Gasteiger partial charge in [0.05, 0.1) is 16.8 Å². The molecule has 4 N–H and O–H groups in total. The van der Waals surface area contributed by atoms with Crippen LogP contribution in [0.2, 0.25) is 0 Å². The minimum absolute atomic E-state index is 0.0995. The Morgan fingerprint density at radius 2 is 1.91 bits per heavy atom. The Morgan fingerprint density at radius 1 is 1.23 bits per heavy atom. The van der Waals surface area contributed by atoms with Crippen molar-refractivity contribution in [2.24, 2.45) is 11.7 Å². The van der Waals surface area contributed by atoms with E-state index in [1.54, 1.807) is 0 Å². The quantitative estimate of drug-likeness (QED) is 0.743. The Bertz CT molecular complexity index is 594. The lowest BCUT2D eigenvalue weighted by molar-refractivity contribution is 0.166. The van der Waals surface area contributed by atoms with Crippen LogP contribution in [0.4, 0.5) is 0 Å². The van der Waals surface area contributed by atoms with Crippen LogP contribution in [0.15, 0.2) is 23.1 Å². The number of phenols is 1. The van der Waals surface area contributed by atoms with Gasteiger partial charge in [0.25, 0.3) is 0 Å². The standard InChI is InChI=1S/C16H25NO4S/c17-9-8-16(19)14-10-13(6-7-15(14)18)22(20,21)11-12-4-2-1-3-5-12/h6-7,10,12,16,18-19H,1-5,8-9,11,17H2. The summed E-state index contributed by atoms with van der Waals surface area (Å²) in [6, 6.07) is 4.13. The minimum atomic E-state index is -3.40. The molecule has 1 atom stereocenters. The first kappa shape index (κ1) is 17.2. The van der Waals surface area contributed by atoms with Crippen LogP contribution in [0.5, 0.6) is 5.75 Å². The molecule has 0 bridgehead atoms. The van der Waals surface area contributed by atoms with Crippen molar-refractivity contribution in [2.75, 3.05) is 12.3 Å². The molecule has 1 saturated carbocycles. The van der Waals surface area contributed by atoms with E-state index in [2.05, 4.69) is 0 Å². The van der Waals surface area contributed by atoms with Gasteiger partial charge in [0.15, 0.2) is 9.84 Å². The maximum atomic E-state index is 12.6. The molecule has 1 aromatic rings. The Kier molecular flexibility index (Phi) is 5.83. The van der Waals surface area contributed by atoms with Gasteiger partial charge in [-0.05, 0) is 49.9 Å². The maximum absolute atomic E-state index is 12.6. The van der Waals surface area contributed by atoms with Crippen LogP contribution in [0, 0.1) is 5.92 Å². The monoisotopic (exact) mass is 327 g/mol. The molecule has 6 heteroatoms. The SMILES string of the molecule is NCCC(O)c1cc(S(=O)(=O)CC2CCCCC2)ccc1O. The van der Waals surface area contributed by atoms with E-state index in [0.29, 0.717) is 0 Å². The second kappa shape index (κ2) is 7.44. The summed E-state index contributed by atoms with van der Waals surface area (Å²) in [5, 5.41) is 19.8. The van der Waals surface area contributed by atoms with E-state index in [4.69, 9.17) is 5.73 Å². The summed E-state index contributed by atoms with van der Waals surface area (Å²) in [5.74, 6) is 0.257. The van der Waals surface area contributed by atoms with Gasteiger partial charge in [-0.3, -0.25) is 0 Å². The zero-order chi connectivity index (χ0) is 16.2. The highest BCUT2D eigenvalue weighted by Crippen LogP contribution is 2.31. The van der Waals surface area contributed by atoms with E-state index < -0.39 is 15.9 Å². The van der Waals surface area contributed by atoms with Crippen LogP contribution in [0.1, 0.15) is 50.2 Å². The molecular formula is C16H25NO4S. The lowest BCUT2D eigenvalue weighted by atomic mass is 9.91. The second-order valence-corrected chi connectivity index (χ2v) is 8.13. The fraction of sp³-hybridized carbons (Fsp3) is 0.625. The van der Waals surface area contributed by atoms with Crippen molar-refractivity contribution in [3.8, 4) is 5.75 Å². The summed E-state index contributed by atoms with van der Waals surface area (Å²) in [6.45, 7) is 0.264. The number of hydrogen-bond acceptors (Lipinski definition) is 5. The van der Waals surface area contributed by atoms with Crippen LogP contribution < -0.4 is 5.73 Å². The molecular weight excluding hydrogens is 302 g/mol. The lowest BCUT2D eigenvalue weighted by Crippen LogP contribution is -2.19. The van der Waals surface area contributed by atoms with Gasteiger partial charge >= 0.3 is 0 Å². The molecule has 1 aliphatic carbocycles. The lowest BCUT2D eigenvalue weighted by Gasteiger charge is -2.21. The van der Waals surface area contributed by atoms with Crippen molar-refractivity contribution in [3.05, 3.63) is 23.8 Å². The van der Waals surface area contributed by atoms with Gasteiger partial charge in [-0.2, -0.15) is 0 Å². The van der Waals surface area contributed by atoms with E-state index in [0.717, 1.165) is 25.7 Å². The van der Waals surface area contributed by atoms with E-state index in [9.17, 15) is 18.6 Å². The van der Waals surface area contributed by atoms with Crippen molar-refractivity contribution in [1.29, 1.82) is 0 Å². The number of nitrogens with two attached hydrogens (primary N) is 1. The Balaban J connectivity index is 2.21. The molecule has 0 saturated heterocycles. The van der Waals surface area contributed by atoms with E-state index in [-0.39, 0.29) is 40.8 Å². The minimum Gasteiger partial charge on any atom is -0.508 e. The number of aliphatic hydroxyl groups is 1. The molecule has 0 aliphatic heterocycles. The first-order valence-electron chi connectivity index (χ1n) is 7.88. The highest BCUT2D eigenvalue weighted by molar-refractivity contribution is 7.91. The maximum Gasteiger partial charge on any atom is 0.178 e. The Morgan fingerprint density at radius 3 is 2.55 bits per heavy atom. The van der Waals surface area contributed by atoms with Crippen LogP contribution in [-0.2, 0) is 9.84 Å². The molecule has 0 spiro atoms. The third-order valence-corrected chi connectivity index (χ3v) is 6.22. The number of hydrogen-bond donors (Lipinski definition) is 3. The fourth-order valence-electron chi connectivity index (χ4n) is 3.07. The first-order chi connectivity index (χ1) is 10.4. The van der Waals surface area contributed by atoms with Gasteiger partial charge in [-0.25, -0.2) is 8.42 Å². The number of aromatic hydroxyl groups is 1. The normalized spacial score (nSPS) is 18.3. The first-order valence-corrected chi connectivity index (χ1v) is 9.53. The van der Waals surface area contributed by atoms with Crippen LogP contribution >= 0.6 is 0 Å². The number of phenolic OH excluding ortho intramolecular Hbond substituents is 1. The molecule has 1 aliphatic rings. The van der Waals surface area contributed by atoms with Gasteiger partial charge in [-0.1, -0.05) is 19.3 Å². The van der Waals surface area contributed by atoms with Crippen LogP contribution in [0.3, 0.4) is 0 Å². The molecule has 1 aromatic carbocycles. The van der Waals surface area contributed by atoms with Crippen molar-refractivity contribution < 1.29 is 18.6 Å². The summed E-state index contributed by atoms with van der Waals surface area (Å²) < 4.78 is 25.1. The molecule has 0 heterocycles. The number of aliphatic hydroxyl groups excluding tert-OH is 1. The summed E-state index contributed by atoms with van der Waals surface area (Å²) in [4.78, 5) is 0.168. The van der Waals surface area contributed by atoms with Crippen molar-refractivity contribution in [1.82, 2.24) is 0 Å². The topological polar surface area (TPSA) is 101 Å². The van der Waals surface area contributed by atoms with E-state index >= 15 is 0 Å². The summed E-state index contributed by atoms with van der Waals surface area (Å²) in [5.41, 5.74) is 5.64. The third-order valence-electron chi connectivity index (χ3n) is 4.34. The molecule has 124 valence electrons. The molecule has 2 rings (SSSR count). The average molecular weight is 327 g/mol. The second-order valence-electron chi connectivity index (χ2n) is 6.10. The zero-order valence-electron chi connectivity index (χ0n) is 12.7. The smallest absolute Gasteiger partial charge is 0.178 e. The summed E-state index contributed by atoms with van der Waals surface area (Å²) in [6.07, 6.45) is 4.62. The molecule has 0 radical (unpaired) electrons. The molecule has 22 heavy (non-hydrogen) atoms. The molecule has 5 nitrogen and oxygen atoms in total. The molecule has 1 unspecified atom stereocenters. The number of rotatable bonds is 6. The Hall–Kier alpha value is -1.11. The van der Waals surface area contributed by atoms with E-state index in [1.807, 2.05) is 0 Å². The predicted octanol–water partition coefficient (Wildman–Crippen LogP) is 2.13. The molecule has 0 amide bonds. The molecule has 0 aromatic heterocycles. The van der Waals surface area contributed by atoms with Crippen LogP contribution in [0.25, 0.3) is 0 Å². The van der Waals surface area contributed by atoms with Gasteiger partial charge in [-0.15, -0.1) is 0 Å². The van der Waals surface area contributed by atoms with Gasteiger partial charge in [0, 0.05) is 5.56 Å². The highest BCUT2D eigenvalue weighted by atomic mass is 32.2. The molecule has 1 fully saturated rings. The van der Waals surface area contributed by atoms with Crippen molar-refractivity contribution in [2.45, 2.75) is 49.5 Å². The van der Waals surface area contributed by atoms with Gasteiger partial charge in [0.1, 0.15) is 5.75 Å².